The second-order valence-electron chi connectivity index (χ2n) is 9.95. The number of rotatable bonds is 4. The number of carbonyl (C=O) groups excluding carboxylic acids is 1. The van der Waals surface area contributed by atoms with Crippen molar-refractivity contribution in [3.63, 3.8) is 0 Å². The molecule has 0 radical (unpaired) electrons. The van der Waals surface area contributed by atoms with Gasteiger partial charge in [0, 0.05) is 12.3 Å². The van der Waals surface area contributed by atoms with E-state index >= 15 is 0 Å². The van der Waals surface area contributed by atoms with Crippen LogP contribution in [0.15, 0.2) is 42.2 Å². The second kappa shape index (κ2) is 7.67. The van der Waals surface area contributed by atoms with Gasteiger partial charge in [-0.25, -0.2) is 5.06 Å². The highest BCUT2D eigenvalue weighted by Crippen LogP contribution is 2.44. The van der Waals surface area contributed by atoms with E-state index in [9.17, 15) is 4.79 Å². The summed E-state index contributed by atoms with van der Waals surface area (Å²) < 4.78 is 6.59. The lowest BCUT2D eigenvalue weighted by molar-refractivity contribution is -0.245. The summed E-state index contributed by atoms with van der Waals surface area (Å²) in [6.07, 6.45) is 2.96. The molecule has 1 amide bonds. The van der Waals surface area contributed by atoms with Gasteiger partial charge in [0.1, 0.15) is 0 Å². The molecular weight excluding hydrogens is 366 g/mol. The van der Waals surface area contributed by atoms with Gasteiger partial charge >= 0.3 is 0 Å². The third-order valence-corrected chi connectivity index (χ3v) is 11.0. The Kier molecular flexibility index (Phi) is 5.79. The van der Waals surface area contributed by atoms with Crippen LogP contribution in [0.1, 0.15) is 46.6 Å². The van der Waals surface area contributed by atoms with Crippen molar-refractivity contribution in [2.75, 3.05) is 0 Å². The molecule has 0 bridgehead atoms. The molecule has 1 aliphatic heterocycles. The number of fused-ring (bicyclic) bond motifs is 1. The summed E-state index contributed by atoms with van der Waals surface area (Å²) in [4.78, 5) is 19.3. The molecule has 5 heteroatoms. The normalized spacial score (nSPS) is 28.6. The zero-order valence-electron chi connectivity index (χ0n) is 18.4. The summed E-state index contributed by atoms with van der Waals surface area (Å²) >= 11 is 0. The van der Waals surface area contributed by atoms with Crippen LogP contribution >= 0.6 is 0 Å². The lowest BCUT2D eigenvalue weighted by Gasteiger charge is -2.46. The van der Waals surface area contributed by atoms with E-state index in [0.29, 0.717) is 6.54 Å². The molecular formula is C23H35NO3Si. The van der Waals surface area contributed by atoms with Crippen LogP contribution in [0.5, 0.6) is 0 Å². The van der Waals surface area contributed by atoms with Gasteiger partial charge in [-0.3, -0.25) is 9.63 Å². The predicted molar refractivity (Wildman–Crippen MR) is 115 cm³/mol. The first-order chi connectivity index (χ1) is 13.0. The van der Waals surface area contributed by atoms with E-state index in [2.05, 4.69) is 53.8 Å². The van der Waals surface area contributed by atoms with Gasteiger partial charge in [-0.1, -0.05) is 58.0 Å². The Hall–Kier alpha value is -1.59. The molecule has 1 heterocycles. The van der Waals surface area contributed by atoms with Gasteiger partial charge in [0.25, 0.3) is 5.91 Å². The summed E-state index contributed by atoms with van der Waals surface area (Å²) in [5.41, 5.74) is 1.09. The topological polar surface area (TPSA) is 38.8 Å². The largest absolute Gasteiger partial charge is 0.547 e. The van der Waals surface area contributed by atoms with E-state index < -0.39 is 8.32 Å². The summed E-state index contributed by atoms with van der Waals surface area (Å²) in [5, 5.41) is 1.73. The van der Waals surface area contributed by atoms with Gasteiger partial charge in [-0.2, -0.15) is 0 Å². The Balaban J connectivity index is 1.79. The lowest BCUT2D eigenvalue weighted by Crippen LogP contribution is -2.53. The molecule has 0 saturated carbocycles. The average molecular weight is 402 g/mol. The molecule has 4 atom stereocenters. The third-order valence-electron chi connectivity index (χ3n) is 6.66. The van der Waals surface area contributed by atoms with Crippen LogP contribution in [0.3, 0.4) is 0 Å². The van der Waals surface area contributed by atoms with Gasteiger partial charge in [-0.15, -0.1) is 0 Å². The summed E-state index contributed by atoms with van der Waals surface area (Å²) in [6, 6.07) is 10.0. The van der Waals surface area contributed by atoms with Crippen molar-refractivity contribution < 1.29 is 14.1 Å². The molecule has 2 aliphatic rings. The standard InChI is InChI=1S/C23H35NO3Si/c1-16-13-19(27-28(6,7)23(3,4)5)14-20-17(2)26-24(22(25)21(16)20)15-18-11-9-8-10-12-18/h8-12,14,16-17,20-21H,13,15H2,1-7H3/t16-,17+,20+,21+/m1/s1. The van der Waals surface area contributed by atoms with Gasteiger partial charge in [0.15, 0.2) is 0 Å². The van der Waals surface area contributed by atoms with Gasteiger partial charge in [0.05, 0.1) is 24.3 Å². The number of carbonyl (C=O) groups is 1. The first-order valence-electron chi connectivity index (χ1n) is 10.4. The Morgan fingerprint density at radius 3 is 2.43 bits per heavy atom. The maximum atomic E-state index is 13.2. The van der Waals surface area contributed by atoms with Crippen molar-refractivity contribution in [2.45, 2.75) is 71.8 Å². The quantitative estimate of drug-likeness (QED) is 0.623. The van der Waals surface area contributed by atoms with Crippen molar-refractivity contribution in [2.24, 2.45) is 17.8 Å². The van der Waals surface area contributed by atoms with Crippen LogP contribution in [-0.4, -0.2) is 25.4 Å². The van der Waals surface area contributed by atoms with Gasteiger partial charge in [-0.05, 0) is 42.6 Å². The van der Waals surface area contributed by atoms with E-state index in [1.54, 1.807) is 5.06 Å². The van der Waals surface area contributed by atoms with Crippen LogP contribution in [0.2, 0.25) is 18.1 Å². The number of allylic oxidation sites excluding steroid dienone is 1. The molecule has 0 unspecified atom stereocenters. The second-order valence-corrected chi connectivity index (χ2v) is 14.7. The lowest BCUT2D eigenvalue weighted by atomic mass is 9.72. The molecule has 1 aliphatic carbocycles. The first kappa shape index (κ1) is 21.1. The minimum Gasteiger partial charge on any atom is -0.547 e. The minimum atomic E-state index is -1.89. The monoisotopic (exact) mass is 401 g/mol. The Labute approximate surface area is 171 Å². The number of amides is 1. The number of nitrogens with zero attached hydrogens (tertiary/aromatic N) is 1. The highest BCUT2D eigenvalue weighted by atomic mass is 28.4. The fourth-order valence-electron chi connectivity index (χ4n) is 3.96. The average Bonchev–Trinajstić information content (AvgIpc) is 2.58. The molecule has 4 nitrogen and oxygen atoms in total. The minimum absolute atomic E-state index is 0.0424. The van der Waals surface area contributed by atoms with Crippen LogP contribution in [0.25, 0.3) is 0 Å². The Bertz CT molecular complexity index is 738. The summed E-state index contributed by atoms with van der Waals surface area (Å²) in [7, 11) is -1.89. The smallest absolute Gasteiger partial charge is 0.250 e. The molecule has 0 spiro atoms. The molecule has 0 aromatic heterocycles. The van der Waals surface area contributed by atoms with Crippen molar-refractivity contribution in [1.29, 1.82) is 0 Å². The van der Waals surface area contributed by atoms with E-state index in [0.717, 1.165) is 17.7 Å². The van der Waals surface area contributed by atoms with Crippen LogP contribution in [-0.2, 0) is 20.6 Å². The van der Waals surface area contributed by atoms with E-state index in [1.165, 1.54) is 0 Å². The van der Waals surface area contributed by atoms with Crippen LogP contribution < -0.4 is 0 Å². The van der Waals surface area contributed by atoms with Crippen molar-refractivity contribution in [1.82, 2.24) is 5.06 Å². The van der Waals surface area contributed by atoms with E-state index in [4.69, 9.17) is 9.26 Å². The number of benzene rings is 1. The van der Waals surface area contributed by atoms with E-state index in [-0.39, 0.29) is 34.8 Å². The van der Waals surface area contributed by atoms with Gasteiger partial charge < -0.3 is 4.43 Å². The van der Waals surface area contributed by atoms with E-state index in [1.807, 2.05) is 30.3 Å². The van der Waals surface area contributed by atoms with Crippen LogP contribution in [0.4, 0.5) is 0 Å². The maximum Gasteiger partial charge on any atom is 0.250 e. The number of hydroxylamine groups is 2. The molecule has 3 rings (SSSR count). The molecule has 1 aromatic rings. The Morgan fingerprint density at radius 1 is 1.18 bits per heavy atom. The zero-order chi connectivity index (χ0) is 20.7. The molecule has 1 aromatic carbocycles. The Morgan fingerprint density at radius 2 is 1.82 bits per heavy atom. The SMILES string of the molecule is C[C@@H]1CC(O[Si](C)(C)C(C)(C)C)=C[C@@H]2[C@H]1C(=O)N(Cc1ccccc1)O[C@H]2C. The molecule has 154 valence electrons. The third kappa shape index (κ3) is 4.20. The van der Waals surface area contributed by atoms with Crippen molar-refractivity contribution >= 4 is 14.2 Å². The molecule has 28 heavy (non-hydrogen) atoms. The fraction of sp³-hybridized carbons (Fsp3) is 0.609. The number of hydrogen-bond acceptors (Lipinski definition) is 3. The summed E-state index contributed by atoms with van der Waals surface area (Å²) in [5.74, 6) is 1.43. The molecule has 1 saturated heterocycles. The highest BCUT2D eigenvalue weighted by molar-refractivity contribution is 6.74. The first-order valence-corrected chi connectivity index (χ1v) is 13.3. The summed E-state index contributed by atoms with van der Waals surface area (Å²) in [6.45, 7) is 16.1. The van der Waals surface area contributed by atoms with Crippen LogP contribution in [0, 0.1) is 17.8 Å². The highest BCUT2D eigenvalue weighted by Gasteiger charge is 2.48. The molecule has 0 N–H and O–H groups in total. The maximum absolute atomic E-state index is 13.2. The molecule has 1 fully saturated rings. The fourth-order valence-corrected chi connectivity index (χ4v) is 5.07. The zero-order valence-corrected chi connectivity index (χ0v) is 19.4. The van der Waals surface area contributed by atoms with Crippen molar-refractivity contribution in [3.05, 3.63) is 47.7 Å². The number of hydrogen-bond donors (Lipinski definition) is 0. The van der Waals surface area contributed by atoms with Gasteiger partial charge in [0.2, 0.25) is 8.32 Å². The van der Waals surface area contributed by atoms with Crippen molar-refractivity contribution in [3.8, 4) is 0 Å². The predicted octanol–water partition coefficient (Wildman–Crippen LogP) is 5.53.